The lowest BCUT2D eigenvalue weighted by Crippen LogP contribution is -2.35. The molecule has 2 N–H and O–H groups in total. The van der Waals surface area contributed by atoms with E-state index >= 15 is 0 Å². The molecule has 3 heterocycles. The number of nitrogens with zero attached hydrogens (tertiary/aromatic N) is 5. The van der Waals surface area contributed by atoms with Gasteiger partial charge >= 0.3 is 5.97 Å². The first-order chi connectivity index (χ1) is 18.0. The smallest absolute Gasteiger partial charge is 0.305 e. The number of tetrazole rings is 1. The number of carbonyl (C=O) groups is 1. The number of carboxylic acid groups (broad SMARTS) is 1. The summed E-state index contributed by atoms with van der Waals surface area (Å²) >= 11 is 0. The van der Waals surface area contributed by atoms with Crippen molar-refractivity contribution < 1.29 is 9.90 Å². The minimum Gasteiger partial charge on any atom is -0.481 e. The van der Waals surface area contributed by atoms with Gasteiger partial charge in [0.2, 0.25) is 0 Å². The maximum Gasteiger partial charge on any atom is 0.305 e. The second-order valence-electron chi connectivity index (χ2n) is 9.87. The van der Waals surface area contributed by atoms with Crippen LogP contribution in [0.4, 0.5) is 0 Å². The number of rotatable bonds is 9. The number of hydrogen-bond donors (Lipinski definition) is 2. The zero-order valence-electron chi connectivity index (χ0n) is 21.2. The molecule has 4 aromatic rings. The second kappa shape index (κ2) is 10.5. The molecule has 0 fully saturated rings. The van der Waals surface area contributed by atoms with Crippen molar-refractivity contribution in [2.75, 3.05) is 0 Å². The summed E-state index contributed by atoms with van der Waals surface area (Å²) in [6, 6.07) is 16.1. The summed E-state index contributed by atoms with van der Waals surface area (Å²) in [5.74, 6) is -0.259. The molecule has 2 unspecified atom stereocenters. The van der Waals surface area contributed by atoms with Gasteiger partial charge < -0.3 is 5.11 Å². The Labute approximate surface area is 215 Å². The molecule has 2 atom stereocenters. The number of aliphatic carboxylic acids is 1. The molecule has 5 rings (SSSR count). The van der Waals surface area contributed by atoms with Crippen LogP contribution in [0, 0.1) is 0 Å². The summed E-state index contributed by atoms with van der Waals surface area (Å²) in [5, 5.41) is 23.8. The Kier molecular flexibility index (Phi) is 7.03. The van der Waals surface area contributed by atoms with E-state index in [0.717, 1.165) is 59.2 Å². The van der Waals surface area contributed by atoms with E-state index in [2.05, 4.69) is 63.4 Å². The van der Waals surface area contributed by atoms with E-state index in [0.29, 0.717) is 18.7 Å². The Morgan fingerprint density at radius 3 is 2.51 bits per heavy atom. The number of aromatic amines is 1. The zero-order chi connectivity index (χ0) is 25.9. The fourth-order valence-electron chi connectivity index (χ4n) is 5.52. The first-order valence-corrected chi connectivity index (χ1v) is 13.0. The average Bonchev–Trinajstić information content (AvgIpc) is 3.53. The lowest BCUT2D eigenvalue weighted by molar-refractivity contribution is -0.138. The molecular formula is C28H32N6O3. The van der Waals surface area contributed by atoms with Crippen LogP contribution in [0.15, 0.2) is 53.3 Å². The Morgan fingerprint density at radius 1 is 1.08 bits per heavy atom. The lowest BCUT2D eigenvalue weighted by Gasteiger charge is -2.32. The van der Waals surface area contributed by atoms with Gasteiger partial charge in [-0.2, -0.15) is 0 Å². The van der Waals surface area contributed by atoms with Gasteiger partial charge in [-0.15, -0.1) is 5.10 Å². The summed E-state index contributed by atoms with van der Waals surface area (Å²) < 4.78 is 3.86. The Morgan fingerprint density at radius 2 is 1.84 bits per heavy atom. The van der Waals surface area contributed by atoms with Crippen molar-refractivity contribution in [3.63, 3.8) is 0 Å². The summed E-state index contributed by atoms with van der Waals surface area (Å²) in [6.45, 7) is 4.27. The molecule has 192 valence electrons. The molecule has 0 radical (unpaired) electrons. The van der Waals surface area contributed by atoms with Gasteiger partial charge in [-0.3, -0.25) is 14.3 Å². The van der Waals surface area contributed by atoms with Crippen LogP contribution >= 0.6 is 0 Å². The lowest BCUT2D eigenvalue weighted by atomic mass is 9.96. The van der Waals surface area contributed by atoms with Crippen molar-refractivity contribution in [3.05, 3.63) is 75.7 Å². The fraction of sp³-hybridized carbons (Fsp3) is 0.393. The number of unbranched alkanes of at least 4 members (excludes halogenated alkanes) is 1. The van der Waals surface area contributed by atoms with Crippen LogP contribution in [0.25, 0.3) is 22.5 Å². The van der Waals surface area contributed by atoms with E-state index in [-0.39, 0.29) is 24.1 Å². The van der Waals surface area contributed by atoms with Gasteiger partial charge in [0.05, 0.1) is 12.5 Å². The third-order valence-electron chi connectivity index (χ3n) is 7.36. The first-order valence-electron chi connectivity index (χ1n) is 13.0. The quantitative estimate of drug-likeness (QED) is 0.341. The average molecular weight is 501 g/mol. The van der Waals surface area contributed by atoms with Crippen molar-refractivity contribution in [1.29, 1.82) is 0 Å². The SMILES string of the molecule is CCCCc1c(Cc2ccc(-c3ccccc3-c3nnn[nH]3)cc2)c(=O)n2n1C(C)CCC2CC(=O)O. The van der Waals surface area contributed by atoms with Gasteiger partial charge in [0.15, 0.2) is 5.82 Å². The highest BCUT2D eigenvalue weighted by Crippen LogP contribution is 2.33. The molecule has 0 bridgehead atoms. The predicted molar refractivity (Wildman–Crippen MR) is 140 cm³/mol. The van der Waals surface area contributed by atoms with Gasteiger partial charge in [-0.05, 0) is 59.7 Å². The Hall–Kier alpha value is -4.01. The fourth-order valence-corrected chi connectivity index (χ4v) is 5.52. The van der Waals surface area contributed by atoms with Crippen molar-refractivity contribution in [2.45, 2.75) is 70.9 Å². The summed E-state index contributed by atoms with van der Waals surface area (Å²) in [5.41, 5.74) is 5.81. The van der Waals surface area contributed by atoms with Crippen LogP contribution in [-0.2, 0) is 17.6 Å². The number of aromatic nitrogens is 6. The minimum absolute atomic E-state index is 0.0297. The van der Waals surface area contributed by atoms with E-state index in [1.54, 1.807) is 4.68 Å². The van der Waals surface area contributed by atoms with E-state index < -0.39 is 5.97 Å². The highest BCUT2D eigenvalue weighted by molar-refractivity contribution is 5.80. The zero-order valence-corrected chi connectivity index (χ0v) is 21.2. The monoisotopic (exact) mass is 500 g/mol. The van der Waals surface area contributed by atoms with Crippen LogP contribution in [0.3, 0.4) is 0 Å². The van der Waals surface area contributed by atoms with Gasteiger partial charge in [0.1, 0.15) is 0 Å². The molecule has 0 saturated carbocycles. The number of nitrogens with one attached hydrogen (secondary N) is 1. The van der Waals surface area contributed by atoms with Crippen molar-refractivity contribution in [3.8, 4) is 22.5 Å². The van der Waals surface area contributed by atoms with E-state index in [1.165, 1.54) is 0 Å². The van der Waals surface area contributed by atoms with Crippen molar-refractivity contribution in [1.82, 2.24) is 30.0 Å². The van der Waals surface area contributed by atoms with E-state index in [9.17, 15) is 14.7 Å². The van der Waals surface area contributed by atoms with Gasteiger partial charge in [-0.25, -0.2) is 9.78 Å². The number of benzene rings is 2. The number of hydrogen-bond acceptors (Lipinski definition) is 5. The molecule has 9 heteroatoms. The van der Waals surface area contributed by atoms with Gasteiger partial charge in [-0.1, -0.05) is 61.9 Å². The third kappa shape index (κ3) is 4.85. The van der Waals surface area contributed by atoms with Crippen LogP contribution < -0.4 is 5.56 Å². The van der Waals surface area contributed by atoms with Crippen LogP contribution in [0.5, 0.6) is 0 Å². The van der Waals surface area contributed by atoms with E-state index in [4.69, 9.17) is 0 Å². The van der Waals surface area contributed by atoms with Gasteiger partial charge in [0.25, 0.3) is 5.56 Å². The first kappa shape index (κ1) is 24.7. The van der Waals surface area contributed by atoms with Gasteiger partial charge in [0, 0.05) is 29.3 Å². The number of fused-ring (bicyclic) bond motifs is 1. The Bertz CT molecular complexity index is 1440. The maximum atomic E-state index is 13.7. The molecule has 1 aliphatic rings. The molecule has 0 amide bonds. The molecule has 0 spiro atoms. The summed E-state index contributed by atoms with van der Waals surface area (Å²) in [4.78, 5) is 25.3. The molecule has 1 aliphatic heterocycles. The highest BCUT2D eigenvalue weighted by atomic mass is 16.4. The molecule has 2 aromatic heterocycles. The molecular weight excluding hydrogens is 468 g/mol. The molecule has 0 aliphatic carbocycles. The summed E-state index contributed by atoms with van der Waals surface area (Å²) in [7, 11) is 0. The molecule has 37 heavy (non-hydrogen) atoms. The van der Waals surface area contributed by atoms with Crippen LogP contribution in [0.1, 0.15) is 74.9 Å². The maximum absolute atomic E-state index is 13.7. The van der Waals surface area contributed by atoms with Crippen molar-refractivity contribution >= 4 is 5.97 Å². The summed E-state index contributed by atoms with van der Waals surface area (Å²) in [6.07, 6.45) is 4.90. The van der Waals surface area contributed by atoms with E-state index in [1.807, 2.05) is 24.3 Å². The topological polar surface area (TPSA) is 119 Å². The third-order valence-corrected chi connectivity index (χ3v) is 7.36. The number of H-pyrrole nitrogens is 1. The molecule has 9 nitrogen and oxygen atoms in total. The minimum atomic E-state index is -0.868. The number of carboxylic acids is 1. The molecule has 0 saturated heterocycles. The van der Waals surface area contributed by atoms with Crippen molar-refractivity contribution in [2.24, 2.45) is 0 Å². The van der Waals surface area contributed by atoms with Crippen LogP contribution in [-0.4, -0.2) is 41.1 Å². The largest absolute Gasteiger partial charge is 0.481 e. The second-order valence-corrected chi connectivity index (χ2v) is 9.87. The predicted octanol–water partition coefficient (Wildman–Crippen LogP) is 4.80. The molecule has 2 aromatic carbocycles. The van der Waals surface area contributed by atoms with Crippen LogP contribution in [0.2, 0.25) is 0 Å². The standard InChI is InChI=1S/C28H32N6O3/c1-3-4-9-25-24(28(37)34-21(17-26(35)36)15-10-18(2)33(25)34)16-19-11-13-20(14-12-19)22-7-5-6-8-23(22)27-29-31-32-30-27/h5-8,11-14,18,21H,3-4,9-10,15-17H2,1-2H3,(H,35,36)(H,29,30,31,32). The normalized spacial score (nSPS) is 17.0. The Balaban J connectivity index is 1.50. The highest BCUT2D eigenvalue weighted by Gasteiger charge is 2.32.